The molecule has 0 amide bonds. The van der Waals surface area contributed by atoms with Crippen LogP contribution in [0.1, 0.15) is 42.1 Å². The zero-order valence-electron chi connectivity index (χ0n) is 10.4. The van der Waals surface area contributed by atoms with Gasteiger partial charge in [0.15, 0.2) is 5.78 Å². The Morgan fingerprint density at radius 2 is 2.29 bits per heavy atom. The summed E-state index contributed by atoms with van der Waals surface area (Å²) >= 11 is 0. The van der Waals surface area contributed by atoms with Gasteiger partial charge in [-0.05, 0) is 43.7 Å². The Morgan fingerprint density at radius 1 is 1.41 bits per heavy atom. The van der Waals surface area contributed by atoms with Gasteiger partial charge in [0.1, 0.15) is 0 Å². The lowest BCUT2D eigenvalue weighted by Gasteiger charge is -2.26. The van der Waals surface area contributed by atoms with Crippen LogP contribution in [0.15, 0.2) is 24.3 Å². The molecule has 1 saturated heterocycles. The van der Waals surface area contributed by atoms with E-state index >= 15 is 0 Å². The minimum atomic E-state index is 0.162. The quantitative estimate of drug-likeness (QED) is 0.743. The number of hydrogen-bond acceptors (Lipinski definition) is 2. The minimum Gasteiger partial charge on any atom is -0.296 e. The third-order valence-electron chi connectivity index (χ3n) is 4.24. The van der Waals surface area contributed by atoms with Gasteiger partial charge in [-0.2, -0.15) is 0 Å². The number of carbonyl (C=O) groups excluding carboxylic acids is 1. The standard InChI is InChI=1S/C15H19NO/c1-11(17)14-4-2-3-12(7-14)9-16-10-13-5-6-15(16)8-13/h2-4,7,13,15H,5-6,8-10H2,1H3. The molecule has 1 aromatic carbocycles. The zero-order valence-corrected chi connectivity index (χ0v) is 10.4. The van der Waals surface area contributed by atoms with Crippen LogP contribution in [0.25, 0.3) is 0 Å². The second-order valence-electron chi connectivity index (χ2n) is 5.52. The van der Waals surface area contributed by atoms with Gasteiger partial charge in [-0.3, -0.25) is 9.69 Å². The number of rotatable bonds is 3. The van der Waals surface area contributed by atoms with Crippen molar-refractivity contribution in [1.82, 2.24) is 4.90 Å². The number of carbonyl (C=O) groups is 1. The molecule has 1 aliphatic carbocycles. The van der Waals surface area contributed by atoms with Crippen LogP contribution in [0.5, 0.6) is 0 Å². The Balaban J connectivity index is 1.73. The van der Waals surface area contributed by atoms with Gasteiger partial charge in [-0.25, -0.2) is 0 Å². The molecule has 2 aliphatic rings. The van der Waals surface area contributed by atoms with E-state index in [0.29, 0.717) is 0 Å². The van der Waals surface area contributed by atoms with Crippen molar-refractivity contribution in [3.63, 3.8) is 0 Å². The van der Waals surface area contributed by atoms with Crippen LogP contribution in [-0.2, 0) is 6.54 Å². The molecule has 0 aromatic heterocycles. The third-order valence-corrected chi connectivity index (χ3v) is 4.24. The third kappa shape index (κ3) is 2.14. The summed E-state index contributed by atoms with van der Waals surface area (Å²) in [6, 6.07) is 8.90. The molecule has 0 radical (unpaired) electrons. The molecule has 2 nitrogen and oxygen atoms in total. The summed E-state index contributed by atoms with van der Waals surface area (Å²) in [5, 5.41) is 0. The van der Waals surface area contributed by atoms with Crippen molar-refractivity contribution in [2.75, 3.05) is 6.54 Å². The van der Waals surface area contributed by atoms with Gasteiger partial charge < -0.3 is 0 Å². The lowest BCUT2D eigenvalue weighted by molar-refractivity contribution is 0.101. The van der Waals surface area contributed by atoms with E-state index in [9.17, 15) is 4.79 Å². The number of ketones is 1. The molecule has 1 aliphatic heterocycles. The minimum absolute atomic E-state index is 0.162. The first-order chi connectivity index (χ1) is 8.22. The summed E-state index contributed by atoms with van der Waals surface area (Å²) in [5.74, 6) is 1.10. The highest BCUT2D eigenvalue weighted by atomic mass is 16.1. The molecule has 2 heteroatoms. The number of fused-ring (bicyclic) bond motifs is 2. The van der Waals surface area contributed by atoms with Crippen LogP contribution < -0.4 is 0 Å². The summed E-state index contributed by atoms with van der Waals surface area (Å²) in [6.45, 7) is 3.91. The Bertz CT molecular complexity index is 440. The molecule has 0 N–H and O–H groups in total. The van der Waals surface area contributed by atoms with E-state index in [-0.39, 0.29) is 5.78 Å². The van der Waals surface area contributed by atoms with Crippen LogP contribution in [0.4, 0.5) is 0 Å². The van der Waals surface area contributed by atoms with E-state index in [1.54, 1.807) is 6.92 Å². The van der Waals surface area contributed by atoms with Crippen LogP contribution in [0.3, 0.4) is 0 Å². The second kappa shape index (κ2) is 4.26. The SMILES string of the molecule is CC(=O)c1cccc(CN2CC3CCC2C3)c1. The largest absolute Gasteiger partial charge is 0.296 e. The average Bonchev–Trinajstić information content (AvgIpc) is 2.91. The molecule has 1 heterocycles. The summed E-state index contributed by atoms with van der Waals surface area (Å²) in [6.07, 6.45) is 4.19. The molecule has 2 unspecified atom stereocenters. The van der Waals surface area contributed by atoms with Crippen molar-refractivity contribution in [2.24, 2.45) is 5.92 Å². The fourth-order valence-electron chi connectivity index (χ4n) is 3.34. The Hall–Kier alpha value is -1.15. The average molecular weight is 229 g/mol. The molecular formula is C15H19NO. The molecule has 0 spiro atoms. The topological polar surface area (TPSA) is 20.3 Å². The first-order valence-corrected chi connectivity index (χ1v) is 6.56. The highest BCUT2D eigenvalue weighted by Gasteiger charge is 2.37. The van der Waals surface area contributed by atoms with Crippen LogP contribution >= 0.6 is 0 Å². The summed E-state index contributed by atoms with van der Waals surface area (Å²) in [5.41, 5.74) is 2.12. The molecule has 2 fully saturated rings. The Labute approximate surface area is 103 Å². The molecular weight excluding hydrogens is 210 g/mol. The molecule has 90 valence electrons. The molecule has 17 heavy (non-hydrogen) atoms. The number of likely N-dealkylation sites (tertiary alicyclic amines) is 1. The summed E-state index contributed by atoms with van der Waals surface area (Å²) in [7, 11) is 0. The first-order valence-electron chi connectivity index (χ1n) is 6.56. The van der Waals surface area contributed by atoms with Gasteiger partial charge in [0.25, 0.3) is 0 Å². The Kier molecular flexibility index (Phi) is 2.75. The van der Waals surface area contributed by atoms with Gasteiger partial charge in [0, 0.05) is 24.7 Å². The Morgan fingerprint density at radius 3 is 2.94 bits per heavy atom. The van der Waals surface area contributed by atoms with Crippen molar-refractivity contribution < 1.29 is 4.79 Å². The van der Waals surface area contributed by atoms with Crippen LogP contribution in [-0.4, -0.2) is 23.3 Å². The predicted octanol–water partition coefficient (Wildman–Crippen LogP) is 2.87. The number of hydrogen-bond donors (Lipinski definition) is 0. The highest BCUT2D eigenvalue weighted by molar-refractivity contribution is 5.94. The van der Waals surface area contributed by atoms with E-state index in [0.717, 1.165) is 24.1 Å². The van der Waals surface area contributed by atoms with E-state index in [1.165, 1.54) is 31.4 Å². The fourth-order valence-corrected chi connectivity index (χ4v) is 3.34. The predicted molar refractivity (Wildman–Crippen MR) is 68.0 cm³/mol. The van der Waals surface area contributed by atoms with Crippen molar-refractivity contribution in [3.05, 3.63) is 35.4 Å². The van der Waals surface area contributed by atoms with Crippen molar-refractivity contribution >= 4 is 5.78 Å². The lowest BCUT2D eigenvalue weighted by atomic mass is 10.1. The van der Waals surface area contributed by atoms with Crippen molar-refractivity contribution in [1.29, 1.82) is 0 Å². The van der Waals surface area contributed by atoms with Crippen molar-refractivity contribution in [3.8, 4) is 0 Å². The van der Waals surface area contributed by atoms with E-state index < -0.39 is 0 Å². The van der Waals surface area contributed by atoms with E-state index in [1.807, 2.05) is 18.2 Å². The maximum atomic E-state index is 11.3. The smallest absolute Gasteiger partial charge is 0.159 e. The first kappa shape index (κ1) is 11.0. The van der Waals surface area contributed by atoms with Gasteiger partial charge in [-0.15, -0.1) is 0 Å². The van der Waals surface area contributed by atoms with Crippen molar-refractivity contribution in [2.45, 2.75) is 38.8 Å². The molecule has 2 bridgehead atoms. The van der Waals surface area contributed by atoms with E-state index in [4.69, 9.17) is 0 Å². The molecule has 3 rings (SSSR count). The number of piperidine rings is 1. The number of nitrogens with zero attached hydrogens (tertiary/aromatic N) is 1. The van der Waals surface area contributed by atoms with Gasteiger partial charge in [-0.1, -0.05) is 18.2 Å². The molecule has 2 atom stereocenters. The highest BCUT2D eigenvalue weighted by Crippen LogP contribution is 2.38. The molecule has 1 saturated carbocycles. The van der Waals surface area contributed by atoms with Gasteiger partial charge >= 0.3 is 0 Å². The van der Waals surface area contributed by atoms with Gasteiger partial charge in [0.05, 0.1) is 0 Å². The van der Waals surface area contributed by atoms with E-state index in [2.05, 4.69) is 11.0 Å². The number of benzene rings is 1. The maximum absolute atomic E-state index is 11.3. The summed E-state index contributed by atoms with van der Waals surface area (Å²) < 4.78 is 0. The second-order valence-corrected chi connectivity index (χ2v) is 5.52. The normalized spacial score (nSPS) is 27.6. The van der Waals surface area contributed by atoms with Crippen LogP contribution in [0.2, 0.25) is 0 Å². The summed E-state index contributed by atoms with van der Waals surface area (Å²) in [4.78, 5) is 13.9. The lowest BCUT2D eigenvalue weighted by Crippen LogP contribution is -2.31. The zero-order chi connectivity index (χ0) is 11.8. The monoisotopic (exact) mass is 229 g/mol. The fraction of sp³-hybridized carbons (Fsp3) is 0.533. The maximum Gasteiger partial charge on any atom is 0.159 e. The van der Waals surface area contributed by atoms with Crippen LogP contribution in [0, 0.1) is 5.92 Å². The van der Waals surface area contributed by atoms with Gasteiger partial charge in [0.2, 0.25) is 0 Å². The molecule has 1 aromatic rings. The number of Topliss-reactive ketones (excluding diaryl/α,β-unsaturated/α-hetero) is 1.